The molecule has 0 spiro atoms. The molecule has 2 aromatic rings. The van der Waals surface area contributed by atoms with Gasteiger partial charge in [-0.05, 0) is 6.92 Å². The van der Waals surface area contributed by atoms with Crippen molar-refractivity contribution in [3.05, 3.63) is 35.3 Å². The van der Waals surface area contributed by atoms with Crippen molar-refractivity contribution in [1.29, 1.82) is 0 Å². The molecule has 94 valence electrons. The monoisotopic (exact) mass is 262 g/mol. The molecule has 2 aromatic heterocycles. The minimum atomic E-state index is -0.151. The Morgan fingerprint density at radius 3 is 2.22 bits per heavy atom. The Kier molecular flexibility index (Phi) is 3.30. The second kappa shape index (κ2) is 4.61. The fourth-order valence-corrected chi connectivity index (χ4v) is 1.70. The summed E-state index contributed by atoms with van der Waals surface area (Å²) in [6.07, 6.45) is 4.95. The summed E-state index contributed by atoms with van der Waals surface area (Å²) in [7, 11) is 0. The standard InChI is InChI=1S/C13H15ClN4/c1-8-10(9-5-15-7-16-6-9)17-12(13(2,3)4)18-11(8)14/h5-7H,1-4H3. The van der Waals surface area contributed by atoms with Gasteiger partial charge in [0.25, 0.3) is 0 Å². The lowest BCUT2D eigenvalue weighted by molar-refractivity contribution is 0.545. The topological polar surface area (TPSA) is 51.6 Å². The van der Waals surface area contributed by atoms with Gasteiger partial charge in [0.2, 0.25) is 0 Å². The maximum Gasteiger partial charge on any atom is 0.136 e. The second-order valence-electron chi connectivity index (χ2n) is 5.19. The van der Waals surface area contributed by atoms with Crippen LogP contribution in [0.2, 0.25) is 5.15 Å². The molecule has 0 atom stereocenters. The van der Waals surface area contributed by atoms with Crippen molar-refractivity contribution in [1.82, 2.24) is 19.9 Å². The first-order valence-corrected chi connectivity index (χ1v) is 6.07. The van der Waals surface area contributed by atoms with Crippen LogP contribution in [0.3, 0.4) is 0 Å². The predicted molar refractivity (Wildman–Crippen MR) is 71.5 cm³/mol. The number of nitrogens with zero attached hydrogens (tertiary/aromatic N) is 4. The van der Waals surface area contributed by atoms with Crippen LogP contribution >= 0.6 is 11.6 Å². The van der Waals surface area contributed by atoms with E-state index in [1.807, 2.05) is 6.92 Å². The van der Waals surface area contributed by atoms with Crippen molar-refractivity contribution in [3.8, 4) is 11.3 Å². The summed E-state index contributed by atoms with van der Waals surface area (Å²) in [6, 6.07) is 0. The molecule has 0 saturated carbocycles. The van der Waals surface area contributed by atoms with Crippen LogP contribution in [-0.4, -0.2) is 19.9 Å². The molecule has 0 fully saturated rings. The molecule has 4 nitrogen and oxygen atoms in total. The maximum atomic E-state index is 6.18. The number of hydrogen-bond acceptors (Lipinski definition) is 4. The van der Waals surface area contributed by atoms with Crippen LogP contribution in [0.4, 0.5) is 0 Å². The van der Waals surface area contributed by atoms with Crippen LogP contribution in [0, 0.1) is 6.92 Å². The summed E-state index contributed by atoms with van der Waals surface area (Å²) < 4.78 is 0. The first-order chi connectivity index (χ1) is 8.39. The van der Waals surface area contributed by atoms with Crippen molar-refractivity contribution < 1.29 is 0 Å². The zero-order valence-corrected chi connectivity index (χ0v) is 11.7. The molecule has 0 unspecified atom stereocenters. The van der Waals surface area contributed by atoms with Crippen LogP contribution < -0.4 is 0 Å². The summed E-state index contributed by atoms with van der Waals surface area (Å²) >= 11 is 6.18. The van der Waals surface area contributed by atoms with Crippen LogP contribution in [-0.2, 0) is 5.41 Å². The van der Waals surface area contributed by atoms with E-state index >= 15 is 0 Å². The van der Waals surface area contributed by atoms with Gasteiger partial charge in [-0.1, -0.05) is 32.4 Å². The summed E-state index contributed by atoms with van der Waals surface area (Å²) in [5.41, 5.74) is 2.34. The minimum Gasteiger partial charge on any atom is -0.244 e. The van der Waals surface area contributed by atoms with Gasteiger partial charge in [0.05, 0.1) is 5.69 Å². The van der Waals surface area contributed by atoms with Gasteiger partial charge >= 0.3 is 0 Å². The van der Waals surface area contributed by atoms with Crippen LogP contribution in [0.1, 0.15) is 32.2 Å². The Hall–Kier alpha value is -1.55. The number of halogens is 1. The normalized spacial score (nSPS) is 11.6. The summed E-state index contributed by atoms with van der Waals surface area (Å²) in [4.78, 5) is 17.0. The van der Waals surface area contributed by atoms with Crippen molar-refractivity contribution in [2.24, 2.45) is 0 Å². The summed E-state index contributed by atoms with van der Waals surface area (Å²) in [5.74, 6) is 0.719. The minimum absolute atomic E-state index is 0.151. The van der Waals surface area contributed by atoms with Gasteiger partial charge in [0, 0.05) is 28.9 Å². The van der Waals surface area contributed by atoms with E-state index in [0.717, 1.165) is 22.6 Å². The van der Waals surface area contributed by atoms with Crippen molar-refractivity contribution in [3.63, 3.8) is 0 Å². The first-order valence-electron chi connectivity index (χ1n) is 5.69. The zero-order valence-electron chi connectivity index (χ0n) is 10.9. The molecule has 0 bridgehead atoms. The van der Waals surface area contributed by atoms with E-state index in [0.29, 0.717) is 5.15 Å². The Labute approximate surface area is 111 Å². The molecule has 0 aromatic carbocycles. The van der Waals surface area contributed by atoms with Gasteiger partial charge < -0.3 is 0 Å². The second-order valence-corrected chi connectivity index (χ2v) is 5.55. The predicted octanol–water partition coefficient (Wildman–Crippen LogP) is 3.19. The van der Waals surface area contributed by atoms with E-state index in [4.69, 9.17) is 11.6 Å². The van der Waals surface area contributed by atoms with E-state index < -0.39 is 0 Å². The van der Waals surface area contributed by atoms with Crippen molar-refractivity contribution in [2.75, 3.05) is 0 Å². The number of hydrogen-bond donors (Lipinski definition) is 0. The third-order valence-electron chi connectivity index (χ3n) is 2.59. The zero-order chi connectivity index (χ0) is 13.3. The van der Waals surface area contributed by atoms with Gasteiger partial charge in [-0.2, -0.15) is 0 Å². The number of aromatic nitrogens is 4. The highest BCUT2D eigenvalue weighted by Crippen LogP contribution is 2.28. The highest BCUT2D eigenvalue weighted by molar-refractivity contribution is 6.30. The lowest BCUT2D eigenvalue weighted by Gasteiger charge is -2.18. The Morgan fingerprint density at radius 2 is 1.67 bits per heavy atom. The molecule has 18 heavy (non-hydrogen) atoms. The van der Waals surface area contributed by atoms with Crippen LogP contribution in [0.15, 0.2) is 18.7 Å². The van der Waals surface area contributed by atoms with E-state index in [9.17, 15) is 0 Å². The lowest BCUT2D eigenvalue weighted by atomic mass is 9.95. The molecule has 5 heteroatoms. The quantitative estimate of drug-likeness (QED) is 0.741. The molecule has 0 aliphatic heterocycles. The third-order valence-corrected chi connectivity index (χ3v) is 2.96. The van der Waals surface area contributed by atoms with Gasteiger partial charge in [0.15, 0.2) is 0 Å². The molecular formula is C13H15ClN4. The average Bonchev–Trinajstić information content (AvgIpc) is 2.32. The fraction of sp³-hybridized carbons (Fsp3) is 0.385. The smallest absolute Gasteiger partial charge is 0.136 e. The molecule has 0 N–H and O–H groups in total. The van der Waals surface area contributed by atoms with E-state index in [-0.39, 0.29) is 5.41 Å². The molecule has 0 saturated heterocycles. The van der Waals surface area contributed by atoms with Crippen molar-refractivity contribution in [2.45, 2.75) is 33.1 Å². The Morgan fingerprint density at radius 1 is 1.06 bits per heavy atom. The molecule has 0 aliphatic rings. The lowest BCUT2D eigenvalue weighted by Crippen LogP contribution is -2.17. The first kappa shape index (κ1) is 12.9. The molecule has 0 amide bonds. The Bertz CT molecular complexity index is 561. The van der Waals surface area contributed by atoms with E-state index in [1.165, 1.54) is 6.33 Å². The van der Waals surface area contributed by atoms with Gasteiger partial charge in [0.1, 0.15) is 17.3 Å². The average molecular weight is 263 g/mol. The molecular weight excluding hydrogens is 248 g/mol. The molecule has 0 radical (unpaired) electrons. The largest absolute Gasteiger partial charge is 0.244 e. The molecule has 2 heterocycles. The highest BCUT2D eigenvalue weighted by Gasteiger charge is 2.21. The summed E-state index contributed by atoms with van der Waals surface area (Å²) in [6.45, 7) is 8.06. The van der Waals surface area contributed by atoms with Gasteiger partial charge in [-0.3, -0.25) is 0 Å². The van der Waals surface area contributed by atoms with Crippen LogP contribution in [0.5, 0.6) is 0 Å². The fourth-order valence-electron chi connectivity index (χ4n) is 1.53. The third kappa shape index (κ3) is 2.48. The number of rotatable bonds is 1. The Balaban J connectivity index is 2.64. The SMILES string of the molecule is Cc1c(Cl)nc(C(C)(C)C)nc1-c1cncnc1. The maximum absolute atomic E-state index is 6.18. The van der Waals surface area contributed by atoms with Crippen LogP contribution in [0.25, 0.3) is 11.3 Å². The highest BCUT2D eigenvalue weighted by atomic mass is 35.5. The molecule has 0 aliphatic carbocycles. The molecule has 2 rings (SSSR count). The van der Waals surface area contributed by atoms with Gasteiger partial charge in [-0.15, -0.1) is 0 Å². The van der Waals surface area contributed by atoms with E-state index in [1.54, 1.807) is 12.4 Å². The van der Waals surface area contributed by atoms with Gasteiger partial charge in [-0.25, -0.2) is 19.9 Å². The summed E-state index contributed by atoms with van der Waals surface area (Å²) in [5, 5.41) is 0.480. The van der Waals surface area contributed by atoms with Crippen molar-refractivity contribution >= 4 is 11.6 Å². The van der Waals surface area contributed by atoms with E-state index in [2.05, 4.69) is 40.7 Å².